The van der Waals surface area contributed by atoms with Crippen LogP contribution < -0.4 is 10.6 Å². The highest BCUT2D eigenvalue weighted by molar-refractivity contribution is 6.30. The number of aromatic nitrogens is 3. The van der Waals surface area contributed by atoms with Crippen LogP contribution in [0.3, 0.4) is 0 Å². The molecular weight excluding hydrogens is 330 g/mol. The first-order chi connectivity index (χ1) is 11.6. The van der Waals surface area contributed by atoms with Crippen molar-refractivity contribution in [2.24, 2.45) is 0 Å². The van der Waals surface area contributed by atoms with Crippen molar-refractivity contribution in [3.63, 3.8) is 0 Å². The second-order valence-electron chi connectivity index (χ2n) is 5.05. The molecule has 2 N–H and O–H groups in total. The van der Waals surface area contributed by atoms with Crippen LogP contribution in [0.2, 0.25) is 5.02 Å². The number of benzene rings is 1. The van der Waals surface area contributed by atoms with E-state index in [0.29, 0.717) is 29.0 Å². The van der Waals surface area contributed by atoms with Crippen molar-refractivity contribution in [1.29, 1.82) is 0 Å². The summed E-state index contributed by atoms with van der Waals surface area (Å²) in [6.45, 7) is 2.17. The molecule has 0 atom stereocenters. The molecule has 2 aromatic heterocycles. The minimum atomic E-state index is -0.299. The van der Waals surface area contributed by atoms with Crippen molar-refractivity contribution in [1.82, 2.24) is 20.4 Å². The zero-order chi connectivity index (χ0) is 16.9. The normalized spacial score (nSPS) is 10.4. The average molecular weight is 344 g/mol. The maximum absolute atomic E-state index is 12.2. The van der Waals surface area contributed by atoms with Gasteiger partial charge in [0.25, 0.3) is 5.91 Å². The first-order valence-corrected chi connectivity index (χ1v) is 7.53. The Morgan fingerprint density at radius 3 is 2.67 bits per heavy atom. The number of anilines is 2. The molecule has 2 heterocycles. The predicted octanol–water partition coefficient (Wildman–Crippen LogP) is 3.10. The first kappa shape index (κ1) is 15.9. The fourth-order valence-electron chi connectivity index (χ4n) is 1.98. The van der Waals surface area contributed by atoms with Crippen LogP contribution in [0.4, 0.5) is 11.6 Å². The number of carbonyl (C=O) groups is 1. The third kappa shape index (κ3) is 4.08. The number of rotatable bonds is 5. The maximum Gasteiger partial charge on any atom is 0.270 e. The first-order valence-electron chi connectivity index (χ1n) is 7.15. The molecule has 0 fully saturated rings. The molecule has 0 aliphatic rings. The number of halogens is 1. The smallest absolute Gasteiger partial charge is 0.270 e. The van der Waals surface area contributed by atoms with Gasteiger partial charge in [-0.05, 0) is 24.6 Å². The van der Waals surface area contributed by atoms with Crippen LogP contribution in [-0.2, 0) is 6.54 Å². The Morgan fingerprint density at radius 2 is 1.96 bits per heavy atom. The highest BCUT2D eigenvalue weighted by Gasteiger charge is 2.10. The lowest BCUT2D eigenvalue weighted by Gasteiger charge is -2.06. The van der Waals surface area contributed by atoms with Gasteiger partial charge in [0.05, 0.1) is 0 Å². The molecule has 0 unspecified atom stereocenters. The van der Waals surface area contributed by atoms with Crippen LogP contribution >= 0.6 is 11.6 Å². The number of nitrogens with zero attached hydrogens (tertiary/aromatic N) is 3. The van der Waals surface area contributed by atoms with Crippen molar-refractivity contribution >= 4 is 29.1 Å². The quantitative estimate of drug-likeness (QED) is 0.739. The van der Waals surface area contributed by atoms with Gasteiger partial charge in [-0.1, -0.05) is 28.9 Å². The summed E-state index contributed by atoms with van der Waals surface area (Å²) in [5, 5.41) is 10.2. The summed E-state index contributed by atoms with van der Waals surface area (Å²) >= 11 is 5.83. The van der Waals surface area contributed by atoms with E-state index in [0.717, 1.165) is 5.56 Å². The third-order valence-corrected chi connectivity index (χ3v) is 3.40. The molecule has 0 bridgehead atoms. The minimum Gasteiger partial charge on any atom is -0.360 e. The van der Waals surface area contributed by atoms with E-state index in [4.69, 9.17) is 16.1 Å². The molecule has 0 aliphatic heterocycles. The van der Waals surface area contributed by atoms with Crippen LogP contribution in [0.1, 0.15) is 21.8 Å². The van der Waals surface area contributed by atoms with Gasteiger partial charge in [0.2, 0.25) is 0 Å². The molecule has 0 saturated heterocycles. The molecule has 122 valence electrons. The Bertz CT molecular complexity index is 848. The Hall–Kier alpha value is -2.93. The van der Waals surface area contributed by atoms with Gasteiger partial charge in [0, 0.05) is 23.7 Å². The van der Waals surface area contributed by atoms with Gasteiger partial charge in [0.1, 0.15) is 23.6 Å². The number of amides is 1. The fourth-order valence-corrected chi connectivity index (χ4v) is 2.11. The number of aryl methyl sites for hydroxylation is 1. The second-order valence-corrected chi connectivity index (χ2v) is 5.48. The molecule has 0 saturated carbocycles. The van der Waals surface area contributed by atoms with E-state index in [1.54, 1.807) is 31.2 Å². The van der Waals surface area contributed by atoms with E-state index < -0.39 is 0 Å². The van der Waals surface area contributed by atoms with Crippen LogP contribution in [0.5, 0.6) is 0 Å². The molecule has 3 rings (SSSR count). The summed E-state index contributed by atoms with van der Waals surface area (Å²) in [4.78, 5) is 20.2. The molecular formula is C16H14ClN5O2. The van der Waals surface area contributed by atoms with Gasteiger partial charge in [-0.3, -0.25) is 4.79 Å². The minimum absolute atomic E-state index is 0.252. The largest absolute Gasteiger partial charge is 0.360 e. The monoisotopic (exact) mass is 343 g/mol. The lowest BCUT2D eigenvalue weighted by molar-refractivity contribution is 0.0946. The topological polar surface area (TPSA) is 92.9 Å². The van der Waals surface area contributed by atoms with E-state index in [9.17, 15) is 4.79 Å². The van der Waals surface area contributed by atoms with E-state index in [1.807, 2.05) is 12.1 Å². The van der Waals surface area contributed by atoms with Crippen molar-refractivity contribution in [2.75, 3.05) is 5.32 Å². The van der Waals surface area contributed by atoms with E-state index >= 15 is 0 Å². The van der Waals surface area contributed by atoms with Crippen LogP contribution in [0.15, 0.2) is 47.2 Å². The zero-order valence-corrected chi connectivity index (χ0v) is 13.5. The molecule has 24 heavy (non-hydrogen) atoms. The van der Waals surface area contributed by atoms with Crippen LogP contribution in [-0.4, -0.2) is 21.0 Å². The standard InChI is InChI=1S/C16H14ClN5O2/c1-10-6-15(22-24-10)21-14-7-13(19-9-20-14)16(23)18-8-11-2-4-12(17)5-3-11/h2-7,9H,8H2,1H3,(H,18,23)(H,19,20,21,22). The Balaban J connectivity index is 1.64. The maximum atomic E-state index is 12.2. The summed E-state index contributed by atoms with van der Waals surface area (Å²) in [5.41, 5.74) is 1.19. The van der Waals surface area contributed by atoms with Gasteiger partial charge < -0.3 is 15.2 Å². The molecule has 7 nitrogen and oxygen atoms in total. The Morgan fingerprint density at radius 1 is 1.17 bits per heavy atom. The molecule has 1 amide bonds. The Kier molecular flexibility index (Phi) is 4.72. The van der Waals surface area contributed by atoms with Gasteiger partial charge >= 0.3 is 0 Å². The van der Waals surface area contributed by atoms with Crippen molar-refractivity contribution in [3.8, 4) is 0 Å². The SMILES string of the molecule is Cc1cc(Nc2cc(C(=O)NCc3ccc(Cl)cc3)ncn2)no1. The van der Waals surface area contributed by atoms with Crippen LogP contribution in [0.25, 0.3) is 0 Å². The molecule has 0 aliphatic carbocycles. The molecule has 0 spiro atoms. The molecule has 8 heteroatoms. The lowest BCUT2D eigenvalue weighted by atomic mass is 10.2. The molecule has 0 radical (unpaired) electrons. The molecule has 3 aromatic rings. The summed E-state index contributed by atoms with van der Waals surface area (Å²) in [6.07, 6.45) is 1.31. The zero-order valence-electron chi connectivity index (χ0n) is 12.8. The predicted molar refractivity (Wildman–Crippen MR) is 89.2 cm³/mol. The summed E-state index contributed by atoms with van der Waals surface area (Å²) in [6, 6.07) is 10.5. The lowest BCUT2D eigenvalue weighted by Crippen LogP contribution is -2.24. The Labute approximate surface area is 143 Å². The number of hydrogen-bond acceptors (Lipinski definition) is 6. The summed E-state index contributed by atoms with van der Waals surface area (Å²) in [5.74, 6) is 1.34. The molecule has 1 aromatic carbocycles. The van der Waals surface area contributed by atoms with E-state index in [-0.39, 0.29) is 11.6 Å². The van der Waals surface area contributed by atoms with Gasteiger partial charge in [-0.2, -0.15) is 0 Å². The number of nitrogens with one attached hydrogen (secondary N) is 2. The van der Waals surface area contributed by atoms with Gasteiger partial charge in [-0.15, -0.1) is 0 Å². The number of hydrogen-bond donors (Lipinski definition) is 2. The fraction of sp³-hybridized carbons (Fsp3) is 0.125. The van der Waals surface area contributed by atoms with Gasteiger partial charge in [0.15, 0.2) is 5.82 Å². The van der Waals surface area contributed by atoms with Crippen molar-refractivity contribution < 1.29 is 9.32 Å². The second kappa shape index (κ2) is 7.10. The highest BCUT2D eigenvalue weighted by atomic mass is 35.5. The van der Waals surface area contributed by atoms with Crippen LogP contribution in [0, 0.1) is 6.92 Å². The third-order valence-electron chi connectivity index (χ3n) is 3.15. The summed E-state index contributed by atoms with van der Waals surface area (Å²) < 4.78 is 4.97. The van der Waals surface area contributed by atoms with E-state index in [2.05, 4.69) is 25.8 Å². The van der Waals surface area contributed by atoms with Crippen molar-refractivity contribution in [3.05, 3.63) is 64.8 Å². The van der Waals surface area contributed by atoms with Crippen molar-refractivity contribution in [2.45, 2.75) is 13.5 Å². The van der Waals surface area contributed by atoms with E-state index in [1.165, 1.54) is 6.33 Å². The van der Waals surface area contributed by atoms with Gasteiger partial charge in [-0.25, -0.2) is 9.97 Å². The highest BCUT2D eigenvalue weighted by Crippen LogP contribution is 2.14. The summed E-state index contributed by atoms with van der Waals surface area (Å²) in [7, 11) is 0. The average Bonchev–Trinajstić information content (AvgIpc) is 2.99. The number of carbonyl (C=O) groups excluding carboxylic acids is 1.